The quantitative estimate of drug-likeness (QED) is 0.573. The van der Waals surface area contributed by atoms with E-state index in [0.29, 0.717) is 37.4 Å². The van der Waals surface area contributed by atoms with E-state index in [4.69, 9.17) is 0 Å². The molecule has 3 heterocycles. The SMILES string of the molecule is CC(=O)c1ccc(N2CCN(C(=O)Cc3csc(-c4ccsc4)n3)CC2)c(F)c1. The average molecular weight is 430 g/mol. The molecule has 0 bridgehead atoms. The molecule has 1 saturated heterocycles. The number of ketones is 1. The Bertz CT molecular complexity index is 1020. The summed E-state index contributed by atoms with van der Waals surface area (Å²) < 4.78 is 14.4. The van der Waals surface area contributed by atoms with Crippen LogP contribution in [0.1, 0.15) is 23.0 Å². The Balaban J connectivity index is 1.35. The van der Waals surface area contributed by atoms with Gasteiger partial charge in [-0.15, -0.1) is 11.3 Å². The van der Waals surface area contributed by atoms with Crippen LogP contribution in [0.5, 0.6) is 0 Å². The first-order chi connectivity index (χ1) is 14.0. The van der Waals surface area contributed by atoms with E-state index in [1.165, 1.54) is 13.0 Å². The fraction of sp³-hybridized carbons (Fsp3) is 0.286. The number of carbonyl (C=O) groups excluding carboxylic acids is 2. The predicted molar refractivity (Wildman–Crippen MR) is 114 cm³/mol. The molecule has 150 valence electrons. The van der Waals surface area contributed by atoms with E-state index in [0.717, 1.165) is 16.3 Å². The van der Waals surface area contributed by atoms with Crippen LogP contribution in [0.25, 0.3) is 10.6 Å². The summed E-state index contributed by atoms with van der Waals surface area (Å²) in [6.45, 7) is 3.60. The molecule has 0 spiro atoms. The molecule has 0 N–H and O–H groups in total. The smallest absolute Gasteiger partial charge is 0.228 e. The lowest BCUT2D eigenvalue weighted by molar-refractivity contribution is -0.130. The lowest BCUT2D eigenvalue weighted by Gasteiger charge is -2.36. The third-order valence-corrected chi connectivity index (χ3v) is 6.60. The summed E-state index contributed by atoms with van der Waals surface area (Å²) >= 11 is 3.17. The summed E-state index contributed by atoms with van der Waals surface area (Å²) in [7, 11) is 0. The van der Waals surface area contributed by atoms with Crippen molar-refractivity contribution in [3.05, 3.63) is 57.5 Å². The van der Waals surface area contributed by atoms with Crippen LogP contribution in [-0.2, 0) is 11.2 Å². The fourth-order valence-electron chi connectivity index (χ4n) is 3.35. The lowest BCUT2D eigenvalue weighted by atomic mass is 10.1. The molecule has 0 aliphatic carbocycles. The molecule has 1 aliphatic rings. The van der Waals surface area contributed by atoms with Crippen LogP contribution < -0.4 is 4.90 Å². The molecule has 0 atom stereocenters. The Morgan fingerprint density at radius 1 is 1.14 bits per heavy atom. The predicted octanol–water partition coefficient (Wildman–Crippen LogP) is 4.10. The third kappa shape index (κ3) is 4.38. The van der Waals surface area contributed by atoms with Crippen molar-refractivity contribution in [2.24, 2.45) is 0 Å². The Morgan fingerprint density at radius 3 is 2.59 bits per heavy atom. The molecule has 1 aromatic carbocycles. The zero-order valence-electron chi connectivity index (χ0n) is 15.9. The highest BCUT2D eigenvalue weighted by Gasteiger charge is 2.24. The highest BCUT2D eigenvalue weighted by atomic mass is 32.1. The van der Waals surface area contributed by atoms with Crippen molar-refractivity contribution >= 4 is 40.1 Å². The molecule has 0 radical (unpaired) electrons. The van der Waals surface area contributed by atoms with Crippen molar-refractivity contribution < 1.29 is 14.0 Å². The van der Waals surface area contributed by atoms with Gasteiger partial charge in [-0.1, -0.05) is 0 Å². The van der Waals surface area contributed by atoms with Gasteiger partial charge in [0.15, 0.2) is 5.78 Å². The summed E-state index contributed by atoms with van der Waals surface area (Å²) in [6, 6.07) is 6.59. The van der Waals surface area contributed by atoms with Crippen molar-refractivity contribution in [2.75, 3.05) is 31.1 Å². The van der Waals surface area contributed by atoms with Gasteiger partial charge in [-0.3, -0.25) is 9.59 Å². The Labute approximate surface area is 176 Å². The van der Waals surface area contributed by atoms with Crippen LogP contribution in [-0.4, -0.2) is 47.8 Å². The largest absolute Gasteiger partial charge is 0.366 e. The minimum absolute atomic E-state index is 0.0409. The number of halogens is 1. The highest BCUT2D eigenvalue weighted by Crippen LogP contribution is 2.26. The van der Waals surface area contributed by atoms with Crippen LogP contribution >= 0.6 is 22.7 Å². The maximum atomic E-state index is 14.4. The molecule has 2 aromatic heterocycles. The number of amides is 1. The number of thiophene rings is 1. The Kier molecular flexibility index (Phi) is 5.73. The van der Waals surface area contributed by atoms with Gasteiger partial charge in [0, 0.05) is 48.1 Å². The van der Waals surface area contributed by atoms with Crippen molar-refractivity contribution in [1.29, 1.82) is 0 Å². The first-order valence-electron chi connectivity index (χ1n) is 9.31. The Morgan fingerprint density at radius 2 is 1.93 bits per heavy atom. The van der Waals surface area contributed by atoms with E-state index in [9.17, 15) is 14.0 Å². The van der Waals surface area contributed by atoms with Crippen molar-refractivity contribution in [3.63, 3.8) is 0 Å². The van der Waals surface area contributed by atoms with Gasteiger partial charge in [0.05, 0.1) is 17.8 Å². The van der Waals surface area contributed by atoms with Crippen molar-refractivity contribution in [1.82, 2.24) is 9.88 Å². The summed E-state index contributed by atoms with van der Waals surface area (Å²) in [4.78, 5) is 32.3. The molecule has 0 saturated carbocycles. The van der Waals surface area contributed by atoms with Crippen LogP contribution in [0.4, 0.5) is 10.1 Å². The topological polar surface area (TPSA) is 53.5 Å². The van der Waals surface area contributed by atoms with Crippen LogP contribution in [0.2, 0.25) is 0 Å². The Hall–Kier alpha value is -2.58. The van der Waals surface area contributed by atoms with Gasteiger partial charge in [-0.25, -0.2) is 9.37 Å². The van der Waals surface area contributed by atoms with Gasteiger partial charge in [0.2, 0.25) is 5.91 Å². The number of anilines is 1. The lowest BCUT2D eigenvalue weighted by Crippen LogP contribution is -2.49. The van der Waals surface area contributed by atoms with E-state index in [1.807, 2.05) is 32.0 Å². The van der Waals surface area contributed by atoms with Gasteiger partial charge in [-0.2, -0.15) is 11.3 Å². The molecule has 4 rings (SSSR count). The van der Waals surface area contributed by atoms with Crippen LogP contribution in [0, 0.1) is 5.82 Å². The van der Waals surface area contributed by atoms with E-state index < -0.39 is 5.82 Å². The number of rotatable bonds is 5. The van der Waals surface area contributed by atoms with Gasteiger partial charge in [-0.05, 0) is 36.6 Å². The normalized spacial score (nSPS) is 14.3. The number of benzene rings is 1. The molecular weight excluding hydrogens is 409 g/mol. The third-order valence-electron chi connectivity index (χ3n) is 4.98. The minimum Gasteiger partial charge on any atom is -0.366 e. The number of hydrogen-bond donors (Lipinski definition) is 0. The van der Waals surface area contributed by atoms with E-state index in [-0.39, 0.29) is 18.1 Å². The summed E-state index contributed by atoms with van der Waals surface area (Å²) in [5, 5.41) is 6.93. The minimum atomic E-state index is -0.402. The number of nitrogens with zero attached hydrogens (tertiary/aromatic N) is 3. The second-order valence-electron chi connectivity index (χ2n) is 6.92. The molecule has 0 unspecified atom stereocenters. The summed E-state index contributed by atoms with van der Waals surface area (Å²) in [5.41, 5.74) is 2.71. The molecule has 5 nitrogen and oxygen atoms in total. The maximum Gasteiger partial charge on any atom is 0.228 e. The van der Waals surface area contributed by atoms with E-state index in [1.54, 1.807) is 34.8 Å². The zero-order valence-corrected chi connectivity index (χ0v) is 17.6. The van der Waals surface area contributed by atoms with E-state index in [2.05, 4.69) is 4.98 Å². The number of thiazole rings is 1. The van der Waals surface area contributed by atoms with Crippen molar-refractivity contribution in [3.8, 4) is 10.6 Å². The molecule has 1 aliphatic heterocycles. The number of piperazine rings is 1. The zero-order chi connectivity index (χ0) is 20.4. The first kappa shape index (κ1) is 19.7. The maximum absolute atomic E-state index is 14.4. The molecule has 1 amide bonds. The molecule has 8 heteroatoms. The number of hydrogen-bond acceptors (Lipinski definition) is 6. The molecular formula is C21H20FN3O2S2. The number of Topliss-reactive ketones (excluding diaryl/α,β-unsaturated/α-hetero) is 1. The average Bonchev–Trinajstić information content (AvgIpc) is 3.40. The first-order valence-corrected chi connectivity index (χ1v) is 11.1. The van der Waals surface area contributed by atoms with Crippen LogP contribution in [0.3, 0.4) is 0 Å². The van der Waals surface area contributed by atoms with Gasteiger partial charge in [0.25, 0.3) is 0 Å². The van der Waals surface area contributed by atoms with Gasteiger partial charge in [0.1, 0.15) is 10.8 Å². The van der Waals surface area contributed by atoms with Gasteiger partial charge < -0.3 is 9.80 Å². The second-order valence-corrected chi connectivity index (χ2v) is 8.56. The molecule has 3 aromatic rings. The second kappa shape index (κ2) is 8.42. The summed E-state index contributed by atoms with van der Waals surface area (Å²) in [6.07, 6.45) is 0.280. The fourth-order valence-corrected chi connectivity index (χ4v) is 4.88. The molecule has 29 heavy (non-hydrogen) atoms. The standard InChI is InChI=1S/C21H20FN3O2S2/c1-14(26)15-2-3-19(18(22)10-15)24-5-7-25(8-6-24)20(27)11-17-13-29-21(23-17)16-4-9-28-12-16/h2-4,9-10,12-13H,5-8,11H2,1H3. The number of carbonyl (C=O) groups is 2. The summed E-state index contributed by atoms with van der Waals surface area (Å²) in [5.74, 6) is -0.518. The van der Waals surface area contributed by atoms with Crippen molar-refractivity contribution in [2.45, 2.75) is 13.3 Å². The van der Waals surface area contributed by atoms with Crippen LogP contribution in [0.15, 0.2) is 40.4 Å². The van der Waals surface area contributed by atoms with E-state index >= 15 is 0 Å². The highest BCUT2D eigenvalue weighted by molar-refractivity contribution is 7.14. The van der Waals surface area contributed by atoms with Gasteiger partial charge >= 0.3 is 0 Å². The molecule has 1 fully saturated rings. The monoisotopic (exact) mass is 429 g/mol. The number of aromatic nitrogens is 1.